The molecule has 0 atom stereocenters. The molecule has 0 aliphatic rings. The number of rotatable bonds is 1. The van der Waals surface area contributed by atoms with Crippen molar-refractivity contribution in [1.29, 1.82) is 0 Å². The molecule has 16 heavy (non-hydrogen) atoms. The fourth-order valence-corrected chi connectivity index (χ4v) is 1.88. The highest BCUT2D eigenvalue weighted by Gasteiger charge is 2.02. The van der Waals surface area contributed by atoms with Gasteiger partial charge >= 0.3 is 0 Å². The molecule has 3 nitrogen and oxygen atoms in total. The van der Waals surface area contributed by atoms with Gasteiger partial charge in [0.05, 0.1) is 5.69 Å². The van der Waals surface area contributed by atoms with Crippen LogP contribution in [0.25, 0.3) is 16.5 Å². The summed E-state index contributed by atoms with van der Waals surface area (Å²) in [4.78, 5) is 0. The molecule has 3 rings (SSSR count). The summed E-state index contributed by atoms with van der Waals surface area (Å²) in [6.45, 7) is 0. The van der Waals surface area contributed by atoms with E-state index in [1.807, 2.05) is 30.5 Å². The molecule has 0 aliphatic carbocycles. The topological polar surface area (TPSA) is 43.8 Å². The first-order valence-electron chi connectivity index (χ1n) is 5.14. The Morgan fingerprint density at radius 2 is 1.75 bits per heavy atom. The van der Waals surface area contributed by atoms with Gasteiger partial charge in [-0.05, 0) is 11.5 Å². The van der Waals surface area contributed by atoms with Crippen LogP contribution in [0.3, 0.4) is 0 Å². The highest BCUT2D eigenvalue weighted by atomic mass is 15.3. The Bertz CT molecular complexity index is 635. The Balaban J connectivity index is 2.31. The van der Waals surface area contributed by atoms with E-state index in [0.29, 0.717) is 5.82 Å². The van der Waals surface area contributed by atoms with Gasteiger partial charge < -0.3 is 5.73 Å². The van der Waals surface area contributed by atoms with Crippen molar-refractivity contribution < 1.29 is 0 Å². The Hall–Kier alpha value is -2.29. The maximum absolute atomic E-state index is 5.63. The fraction of sp³-hybridized carbons (Fsp3) is 0. The van der Waals surface area contributed by atoms with Gasteiger partial charge in [0.2, 0.25) is 0 Å². The van der Waals surface area contributed by atoms with E-state index in [0.717, 1.165) is 5.69 Å². The van der Waals surface area contributed by atoms with E-state index in [-0.39, 0.29) is 0 Å². The van der Waals surface area contributed by atoms with E-state index in [9.17, 15) is 0 Å². The Kier molecular flexibility index (Phi) is 1.90. The molecule has 0 unspecified atom stereocenters. The molecule has 0 saturated carbocycles. The summed E-state index contributed by atoms with van der Waals surface area (Å²) in [6.07, 6.45) is 1.87. The number of benzene rings is 2. The molecule has 0 aliphatic heterocycles. The van der Waals surface area contributed by atoms with Crippen LogP contribution in [0.1, 0.15) is 0 Å². The van der Waals surface area contributed by atoms with E-state index in [4.69, 9.17) is 5.73 Å². The van der Waals surface area contributed by atoms with Gasteiger partial charge in [-0.1, -0.05) is 36.4 Å². The second-order valence-electron chi connectivity index (χ2n) is 3.68. The fourth-order valence-electron chi connectivity index (χ4n) is 1.88. The van der Waals surface area contributed by atoms with Crippen LogP contribution in [0.4, 0.5) is 5.82 Å². The second kappa shape index (κ2) is 3.38. The zero-order valence-corrected chi connectivity index (χ0v) is 8.67. The number of nitrogens with zero attached hydrogens (tertiary/aromatic N) is 2. The van der Waals surface area contributed by atoms with Crippen molar-refractivity contribution in [2.24, 2.45) is 0 Å². The summed E-state index contributed by atoms with van der Waals surface area (Å²) in [6, 6.07) is 16.2. The average molecular weight is 209 g/mol. The van der Waals surface area contributed by atoms with Crippen molar-refractivity contribution >= 4 is 16.6 Å². The number of nitrogens with two attached hydrogens (primary N) is 1. The van der Waals surface area contributed by atoms with E-state index < -0.39 is 0 Å². The predicted octanol–water partition coefficient (Wildman–Crippen LogP) is 2.61. The molecule has 0 spiro atoms. The maximum atomic E-state index is 5.63. The zero-order valence-electron chi connectivity index (χ0n) is 8.67. The van der Waals surface area contributed by atoms with Gasteiger partial charge in [-0.2, -0.15) is 5.10 Å². The minimum atomic E-state index is 0.535. The van der Waals surface area contributed by atoms with Crippen LogP contribution in [0.15, 0.2) is 54.7 Å². The first kappa shape index (κ1) is 8.97. The van der Waals surface area contributed by atoms with Crippen molar-refractivity contribution in [3.05, 3.63) is 54.7 Å². The number of hydrogen-bond donors (Lipinski definition) is 1. The number of anilines is 1. The van der Waals surface area contributed by atoms with E-state index in [1.165, 1.54) is 10.8 Å². The van der Waals surface area contributed by atoms with E-state index in [2.05, 4.69) is 23.3 Å². The molecule has 2 N–H and O–H groups in total. The van der Waals surface area contributed by atoms with Crippen molar-refractivity contribution in [3.8, 4) is 5.69 Å². The highest BCUT2D eigenvalue weighted by Crippen LogP contribution is 2.21. The zero-order chi connectivity index (χ0) is 11.0. The monoisotopic (exact) mass is 209 g/mol. The van der Waals surface area contributed by atoms with Crippen LogP contribution in [-0.2, 0) is 0 Å². The number of hydrogen-bond acceptors (Lipinski definition) is 2. The molecule has 3 heteroatoms. The second-order valence-corrected chi connectivity index (χ2v) is 3.68. The van der Waals surface area contributed by atoms with Crippen LogP contribution in [0, 0.1) is 0 Å². The molecule has 0 bridgehead atoms. The lowest BCUT2D eigenvalue weighted by Gasteiger charge is -2.05. The van der Waals surface area contributed by atoms with Gasteiger partial charge in [0.1, 0.15) is 5.82 Å². The SMILES string of the molecule is Nc1ccn(-c2cccc3ccccc23)n1. The van der Waals surface area contributed by atoms with Crippen LogP contribution in [-0.4, -0.2) is 9.78 Å². The smallest absolute Gasteiger partial charge is 0.145 e. The van der Waals surface area contributed by atoms with E-state index in [1.54, 1.807) is 10.7 Å². The van der Waals surface area contributed by atoms with Gasteiger partial charge in [-0.15, -0.1) is 0 Å². The first-order chi connectivity index (χ1) is 7.84. The molecule has 1 aromatic heterocycles. The predicted molar refractivity (Wildman–Crippen MR) is 65.5 cm³/mol. The van der Waals surface area contributed by atoms with Gasteiger partial charge in [0.25, 0.3) is 0 Å². The average Bonchev–Trinajstić information content (AvgIpc) is 2.75. The number of nitrogen functional groups attached to an aromatic ring is 1. The Labute approximate surface area is 93.1 Å². The lowest BCUT2D eigenvalue weighted by atomic mass is 10.1. The van der Waals surface area contributed by atoms with Gasteiger partial charge in [0, 0.05) is 17.6 Å². The molecular weight excluding hydrogens is 198 g/mol. The van der Waals surface area contributed by atoms with Crippen LogP contribution in [0.5, 0.6) is 0 Å². The van der Waals surface area contributed by atoms with Crippen LogP contribution in [0.2, 0.25) is 0 Å². The van der Waals surface area contributed by atoms with Crippen molar-refractivity contribution in [1.82, 2.24) is 9.78 Å². The number of aromatic nitrogens is 2. The normalized spacial score (nSPS) is 10.8. The summed E-state index contributed by atoms with van der Waals surface area (Å²) in [7, 11) is 0. The quantitative estimate of drug-likeness (QED) is 0.669. The third-order valence-corrected chi connectivity index (χ3v) is 2.62. The molecule has 0 radical (unpaired) electrons. The lowest BCUT2D eigenvalue weighted by Crippen LogP contribution is -1.96. The summed E-state index contributed by atoms with van der Waals surface area (Å²) < 4.78 is 1.80. The molecule has 78 valence electrons. The third-order valence-electron chi connectivity index (χ3n) is 2.62. The molecule has 1 heterocycles. The maximum Gasteiger partial charge on any atom is 0.145 e. The first-order valence-corrected chi connectivity index (χ1v) is 5.14. The van der Waals surface area contributed by atoms with Crippen molar-refractivity contribution in [2.75, 3.05) is 5.73 Å². The third kappa shape index (κ3) is 1.34. The van der Waals surface area contributed by atoms with Crippen molar-refractivity contribution in [2.45, 2.75) is 0 Å². The minimum Gasteiger partial charge on any atom is -0.382 e. The Morgan fingerprint density at radius 3 is 2.56 bits per heavy atom. The minimum absolute atomic E-state index is 0.535. The number of fused-ring (bicyclic) bond motifs is 1. The van der Waals surface area contributed by atoms with Gasteiger partial charge in [-0.3, -0.25) is 0 Å². The molecular formula is C13H11N3. The van der Waals surface area contributed by atoms with Gasteiger partial charge in [0.15, 0.2) is 0 Å². The standard InChI is InChI=1S/C13H11N3/c14-13-8-9-16(15-13)12-7-3-5-10-4-1-2-6-11(10)12/h1-9H,(H2,14,15). The highest BCUT2D eigenvalue weighted by molar-refractivity contribution is 5.89. The summed E-state index contributed by atoms with van der Waals surface area (Å²) in [5.74, 6) is 0.535. The molecule has 3 aromatic rings. The molecule has 0 fully saturated rings. The Morgan fingerprint density at radius 1 is 0.938 bits per heavy atom. The van der Waals surface area contributed by atoms with Crippen LogP contribution < -0.4 is 5.73 Å². The largest absolute Gasteiger partial charge is 0.382 e. The summed E-state index contributed by atoms with van der Waals surface area (Å²) in [5.41, 5.74) is 6.68. The summed E-state index contributed by atoms with van der Waals surface area (Å²) in [5, 5.41) is 6.60. The lowest BCUT2D eigenvalue weighted by molar-refractivity contribution is 0.893. The summed E-state index contributed by atoms with van der Waals surface area (Å²) >= 11 is 0. The molecule has 0 saturated heterocycles. The van der Waals surface area contributed by atoms with E-state index >= 15 is 0 Å². The molecule has 2 aromatic carbocycles. The molecule has 0 amide bonds. The van der Waals surface area contributed by atoms with Crippen molar-refractivity contribution in [3.63, 3.8) is 0 Å². The van der Waals surface area contributed by atoms with Gasteiger partial charge in [-0.25, -0.2) is 4.68 Å². The van der Waals surface area contributed by atoms with Crippen LogP contribution >= 0.6 is 0 Å².